The Bertz CT molecular complexity index is 1130. The van der Waals surface area contributed by atoms with Crippen molar-refractivity contribution in [3.8, 4) is 16.9 Å². The van der Waals surface area contributed by atoms with Crippen LogP contribution in [-0.2, 0) is 11.2 Å². The van der Waals surface area contributed by atoms with Crippen molar-refractivity contribution in [2.75, 3.05) is 26.7 Å². The van der Waals surface area contributed by atoms with Crippen LogP contribution in [0.15, 0.2) is 85.6 Å². The molecule has 0 aliphatic carbocycles. The SMILES string of the molecule is C=CCN1CCN(C(=O)c2ccccn2)[C@@H](Cc2ccc(-c3cccc(OC)c3)cc2)C1=O. The molecular formula is C27H27N3O3. The first-order valence-electron chi connectivity index (χ1n) is 11.0. The maximum atomic E-state index is 13.3. The van der Waals surface area contributed by atoms with Crippen LogP contribution in [-0.4, -0.2) is 59.4 Å². The maximum absolute atomic E-state index is 13.3. The number of pyridine rings is 1. The second kappa shape index (κ2) is 10.1. The first-order valence-corrected chi connectivity index (χ1v) is 11.0. The molecular weight excluding hydrogens is 414 g/mol. The van der Waals surface area contributed by atoms with Crippen molar-refractivity contribution in [2.24, 2.45) is 0 Å². The summed E-state index contributed by atoms with van der Waals surface area (Å²) in [5.41, 5.74) is 3.45. The molecule has 0 unspecified atom stereocenters. The Balaban J connectivity index is 1.58. The fourth-order valence-electron chi connectivity index (χ4n) is 4.11. The summed E-state index contributed by atoms with van der Waals surface area (Å²) in [4.78, 5) is 34.0. The number of nitrogens with zero attached hydrogens (tertiary/aromatic N) is 3. The van der Waals surface area contributed by atoms with Crippen molar-refractivity contribution in [1.29, 1.82) is 0 Å². The molecule has 2 amide bonds. The fourth-order valence-corrected chi connectivity index (χ4v) is 4.11. The molecule has 6 nitrogen and oxygen atoms in total. The van der Waals surface area contributed by atoms with Gasteiger partial charge in [0.2, 0.25) is 5.91 Å². The van der Waals surface area contributed by atoms with E-state index in [0.29, 0.717) is 31.7 Å². The highest BCUT2D eigenvalue weighted by molar-refractivity contribution is 5.97. The molecule has 1 atom stereocenters. The number of hydrogen-bond acceptors (Lipinski definition) is 4. The highest BCUT2D eigenvalue weighted by Gasteiger charge is 2.37. The maximum Gasteiger partial charge on any atom is 0.273 e. The minimum atomic E-state index is -0.587. The summed E-state index contributed by atoms with van der Waals surface area (Å²) in [5.74, 6) is 0.512. The van der Waals surface area contributed by atoms with E-state index in [-0.39, 0.29) is 11.8 Å². The zero-order chi connectivity index (χ0) is 23.2. The van der Waals surface area contributed by atoms with Gasteiger partial charge in [0.1, 0.15) is 17.5 Å². The zero-order valence-electron chi connectivity index (χ0n) is 18.7. The van der Waals surface area contributed by atoms with Crippen LogP contribution in [0.4, 0.5) is 0 Å². The molecule has 168 valence electrons. The fraction of sp³-hybridized carbons (Fsp3) is 0.222. The molecule has 0 saturated carbocycles. The molecule has 33 heavy (non-hydrogen) atoms. The molecule has 1 aromatic heterocycles. The number of rotatable bonds is 7. The van der Waals surface area contributed by atoms with Crippen LogP contribution in [0.25, 0.3) is 11.1 Å². The van der Waals surface area contributed by atoms with E-state index in [4.69, 9.17) is 4.74 Å². The van der Waals surface area contributed by atoms with Gasteiger partial charge in [-0.2, -0.15) is 0 Å². The summed E-state index contributed by atoms with van der Waals surface area (Å²) in [6, 6.07) is 20.6. The van der Waals surface area contributed by atoms with E-state index >= 15 is 0 Å². The Morgan fingerprint density at radius 3 is 2.61 bits per heavy atom. The molecule has 2 heterocycles. The van der Waals surface area contributed by atoms with E-state index in [2.05, 4.69) is 11.6 Å². The molecule has 0 spiro atoms. The predicted molar refractivity (Wildman–Crippen MR) is 128 cm³/mol. The Morgan fingerprint density at radius 1 is 1.09 bits per heavy atom. The molecule has 6 heteroatoms. The second-order valence-electron chi connectivity index (χ2n) is 7.94. The van der Waals surface area contributed by atoms with Gasteiger partial charge in [-0.1, -0.05) is 48.5 Å². The van der Waals surface area contributed by atoms with Gasteiger partial charge in [0, 0.05) is 32.3 Å². The van der Waals surface area contributed by atoms with Gasteiger partial charge in [-0.3, -0.25) is 14.6 Å². The van der Waals surface area contributed by atoms with Crippen LogP contribution >= 0.6 is 0 Å². The van der Waals surface area contributed by atoms with Gasteiger partial charge < -0.3 is 14.5 Å². The molecule has 1 saturated heterocycles. The van der Waals surface area contributed by atoms with Crippen LogP contribution in [0, 0.1) is 0 Å². The van der Waals surface area contributed by atoms with Gasteiger partial charge in [-0.25, -0.2) is 0 Å². The Labute approximate surface area is 194 Å². The van der Waals surface area contributed by atoms with Gasteiger partial charge in [0.25, 0.3) is 5.91 Å². The summed E-state index contributed by atoms with van der Waals surface area (Å²) in [6.07, 6.45) is 3.74. The molecule has 1 aliphatic rings. The number of hydrogen-bond donors (Lipinski definition) is 0. The second-order valence-corrected chi connectivity index (χ2v) is 7.94. The number of aromatic nitrogens is 1. The molecule has 2 aromatic carbocycles. The number of benzene rings is 2. The van der Waals surface area contributed by atoms with E-state index in [1.54, 1.807) is 47.4 Å². The lowest BCUT2D eigenvalue weighted by Crippen LogP contribution is -2.59. The number of piperazine rings is 1. The van der Waals surface area contributed by atoms with Crippen molar-refractivity contribution >= 4 is 11.8 Å². The number of carbonyl (C=O) groups is 2. The smallest absolute Gasteiger partial charge is 0.273 e. The van der Waals surface area contributed by atoms with Crippen molar-refractivity contribution in [3.05, 3.63) is 96.8 Å². The van der Waals surface area contributed by atoms with Gasteiger partial charge in [-0.05, 0) is 41.0 Å². The first kappa shape index (κ1) is 22.3. The minimum absolute atomic E-state index is 0.0673. The Hall–Kier alpha value is -3.93. The lowest BCUT2D eigenvalue weighted by Gasteiger charge is -2.40. The average Bonchev–Trinajstić information content (AvgIpc) is 2.87. The van der Waals surface area contributed by atoms with E-state index in [1.165, 1.54) is 0 Å². The number of methoxy groups -OCH3 is 1. The van der Waals surface area contributed by atoms with Gasteiger partial charge in [-0.15, -0.1) is 6.58 Å². The van der Waals surface area contributed by atoms with Crippen molar-refractivity contribution in [3.63, 3.8) is 0 Å². The molecule has 0 bridgehead atoms. The van der Waals surface area contributed by atoms with E-state index in [1.807, 2.05) is 48.5 Å². The van der Waals surface area contributed by atoms with Crippen LogP contribution in [0.3, 0.4) is 0 Å². The van der Waals surface area contributed by atoms with Crippen molar-refractivity contribution in [2.45, 2.75) is 12.5 Å². The quantitative estimate of drug-likeness (QED) is 0.523. The molecule has 3 aromatic rings. The number of ether oxygens (including phenoxy) is 1. The van der Waals surface area contributed by atoms with Gasteiger partial charge >= 0.3 is 0 Å². The van der Waals surface area contributed by atoms with Crippen LogP contribution in [0.2, 0.25) is 0 Å². The third-order valence-corrected chi connectivity index (χ3v) is 5.86. The van der Waals surface area contributed by atoms with E-state index < -0.39 is 6.04 Å². The average molecular weight is 442 g/mol. The predicted octanol–water partition coefficient (Wildman–Crippen LogP) is 3.84. The number of amides is 2. The highest BCUT2D eigenvalue weighted by atomic mass is 16.5. The van der Waals surface area contributed by atoms with Crippen LogP contribution in [0.5, 0.6) is 5.75 Å². The zero-order valence-corrected chi connectivity index (χ0v) is 18.7. The van der Waals surface area contributed by atoms with Crippen LogP contribution < -0.4 is 4.74 Å². The number of carbonyl (C=O) groups excluding carboxylic acids is 2. The van der Waals surface area contributed by atoms with Crippen molar-refractivity contribution < 1.29 is 14.3 Å². The minimum Gasteiger partial charge on any atom is -0.497 e. The van der Waals surface area contributed by atoms with Gasteiger partial charge in [0.15, 0.2) is 0 Å². The molecule has 0 radical (unpaired) electrons. The third-order valence-electron chi connectivity index (χ3n) is 5.86. The van der Waals surface area contributed by atoms with Crippen molar-refractivity contribution in [1.82, 2.24) is 14.8 Å². The van der Waals surface area contributed by atoms with Crippen LogP contribution in [0.1, 0.15) is 16.1 Å². The van der Waals surface area contributed by atoms with Gasteiger partial charge in [0.05, 0.1) is 7.11 Å². The Morgan fingerprint density at radius 2 is 1.91 bits per heavy atom. The summed E-state index contributed by atoms with van der Waals surface area (Å²) in [7, 11) is 1.65. The lowest BCUT2D eigenvalue weighted by atomic mass is 9.97. The largest absolute Gasteiger partial charge is 0.497 e. The molecule has 1 fully saturated rings. The van der Waals surface area contributed by atoms with E-state index in [9.17, 15) is 9.59 Å². The summed E-state index contributed by atoms with van der Waals surface area (Å²) in [5, 5.41) is 0. The molecule has 1 aliphatic heterocycles. The first-order chi connectivity index (χ1) is 16.1. The third kappa shape index (κ3) is 4.95. The van der Waals surface area contributed by atoms with E-state index in [0.717, 1.165) is 22.4 Å². The normalized spacial score (nSPS) is 15.9. The monoisotopic (exact) mass is 441 g/mol. The highest BCUT2D eigenvalue weighted by Crippen LogP contribution is 2.25. The summed E-state index contributed by atoms with van der Waals surface area (Å²) < 4.78 is 5.32. The summed E-state index contributed by atoms with van der Waals surface area (Å²) in [6.45, 7) is 5.17. The molecule has 4 rings (SSSR count). The lowest BCUT2D eigenvalue weighted by molar-refractivity contribution is -0.139. The topological polar surface area (TPSA) is 62.7 Å². The molecule has 0 N–H and O–H groups in total. The standard InChI is InChI=1S/C27H27N3O3/c1-3-15-29-16-17-30(26(31)24-9-4-5-14-28-24)25(27(29)32)18-20-10-12-21(13-11-20)22-7-6-8-23(19-22)33-2/h3-14,19,25H,1,15-18H2,2H3/t25-/m0/s1. The Kier molecular flexibility index (Phi) is 6.83. The summed E-state index contributed by atoms with van der Waals surface area (Å²) >= 11 is 0.